The average molecular weight is 231 g/mol. The second-order valence-electron chi connectivity index (χ2n) is 3.50. The van der Waals surface area contributed by atoms with Gasteiger partial charge >= 0.3 is 6.03 Å². The Kier molecular flexibility index (Phi) is 3.34. The van der Waals surface area contributed by atoms with Crippen LogP contribution in [0.2, 0.25) is 0 Å². The number of aryl methyl sites for hydroxylation is 1. The minimum atomic E-state index is -0.259. The van der Waals surface area contributed by atoms with Gasteiger partial charge in [-0.05, 0) is 17.7 Å². The lowest BCUT2D eigenvalue weighted by Gasteiger charge is -2.07. The zero-order valence-corrected chi connectivity index (χ0v) is 9.42. The first-order valence-electron chi connectivity index (χ1n) is 5.17. The summed E-state index contributed by atoms with van der Waals surface area (Å²) < 4.78 is 1.59. The fraction of sp³-hybridized carbons (Fsp3) is 0.182. The maximum absolute atomic E-state index is 11.6. The lowest BCUT2D eigenvalue weighted by atomic mass is 10.3. The number of hydrogen-bond acceptors (Lipinski definition) is 3. The van der Waals surface area contributed by atoms with E-state index in [1.54, 1.807) is 36.4 Å². The number of rotatable bonds is 3. The van der Waals surface area contributed by atoms with Gasteiger partial charge in [-0.2, -0.15) is 5.10 Å². The molecular formula is C11H13N5O. The van der Waals surface area contributed by atoms with Gasteiger partial charge < -0.3 is 5.32 Å². The maximum atomic E-state index is 11.6. The molecule has 0 saturated heterocycles. The molecule has 0 spiro atoms. The summed E-state index contributed by atoms with van der Waals surface area (Å²) in [5.74, 6) is 0.650. The van der Waals surface area contributed by atoms with Crippen LogP contribution >= 0.6 is 0 Å². The second-order valence-corrected chi connectivity index (χ2v) is 3.50. The Morgan fingerprint density at radius 1 is 1.29 bits per heavy atom. The molecule has 2 amide bonds. The number of anilines is 1. The van der Waals surface area contributed by atoms with Gasteiger partial charge in [0.25, 0.3) is 0 Å². The third-order valence-corrected chi connectivity index (χ3v) is 2.26. The Labute approximate surface area is 98.7 Å². The molecule has 2 rings (SSSR count). The molecule has 6 heteroatoms. The summed E-state index contributed by atoms with van der Waals surface area (Å²) in [6.07, 6.45) is 5.00. The number of amides is 2. The van der Waals surface area contributed by atoms with Crippen molar-refractivity contribution in [3.8, 4) is 0 Å². The van der Waals surface area contributed by atoms with Gasteiger partial charge in [0.1, 0.15) is 5.82 Å². The van der Waals surface area contributed by atoms with Gasteiger partial charge in [0.2, 0.25) is 0 Å². The van der Waals surface area contributed by atoms with Crippen LogP contribution in [0.15, 0.2) is 36.8 Å². The summed E-state index contributed by atoms with van der Waals surface area (Å²) in [6, 6.07) is 5.17. The van der Waals surface area contributed by atoms with Gasteiger partial charge in [-0.25, -0.2) is 4.79 Å². The largest absolute Gasteiger partial charge is 0.334 e. The number of nitrogens with one attached hydrogen (secondary N) is 2. The van der Waals surface area contributed by atoms with Crippen molar-refractivity contribution in [3.63, 3.8) is 0 Å². The van der Waals surface area contributed by atoms with E-state index in [4.69, 9.17) is 0 Å². The highest BCUT2D eigenvalue weighted by molar-refractivity contribution is 5.88. The maximum Gasteiger partial charge on any atom is 0.320 e. The highest BCUT2D eigenvalue weighted by Crippen LogP contribution is 2.02. The predicted octanol–water partition coefficient (Wildman–Crippen LogP) is 1.14. The Morgan fingerprint density at radius 3 is 2.71 bits per heavy atom. The topological polar surface area (TPSA) is 71.8 Å². The SMILES string of the molecule is Cn1nccc1NC(=O)NCc1ccncc1. The van der Waals surface area contributed by atoms with Gasteiger partial charge in [-0.1, -0.05) is 0 Å². The number of pyridine rings is 1. The fourth-order valence-electron chi connectivity index (χ4n) is 1.34. The Bertz CT molecular complexity index is 494. The molecule has 2 aromatic heterocycles. The van der Waals surface area contributed by atoms with E-state index < -0.39 is 0 Å². The van der Waals surface area contributed by atoms with E-state index in [2.05, 4.69) is 20.7 Å². The van der Waals surface area contributed by atoms with Crippen molar-refractivity contribution >= 4 is 11.8 Å². The fourth-order valence-corrected chi connectivity index (χ4v) is 1.34. The molecule has 0 bridgehead atoms. The zero-order valence-electron chi connectivity index (χ0n) is 9.42. The average Bonchev–Trinajstić information content (AvgIpc) is 2.74. The minimum Gasteiger partial charge on any atom is -0.334 e. The summed E-state index contributed by atoms with van der Waals surface area (Å²) in [6.45, 7) is 0.464. The van der Waals surface area contributed by atoms with Crippen LogP contribution in [0.5, 0.6) is 0 Å². The molecule has 0 fully saturated rings. The Hall–Kier alpha value is -2.37. The van der Waals surface area contributed by atoms with Crippen molar-refractivity contribution in [1.82, 2.24) is 20.1 Å². The summed E-state index contributed by atoms with van der Waals surface area (Å²) >= 11 is 0. The molecule has 0 aliphatic heterocycles. The van der Waals surface area contributed by atoms with Gasteiger partial charge in [0, 0.05) is 32.1 Å². The molecule has 2 aromatic rings. The second kappa shape index (κ2) is 5.11. The molecule has 0 saturated carbocycles. The number of hydrogen-bond donors (Lipinski definition) is 2. The number of urea groups is 1. The Balaban J connectivity index is 1.85. The highest BCUT2D eigenvalue weighted by Gasteiger charge is 2.03. The summed E-state index contributed by atoms with van der Waals surface area (Å²) in [5, 5.41) is 9.39. The summed E-state index contributed by atoms with van der Waals surface area (Å²) in [7, 11) is 1.76. The van der Waals surface area contributed by atoms with Crippen LogP contribution in [0, 0.1) is 0 Å². The molecule has 0 aromatic carbocycles. The first-order chi connectivity index (χ1) is 8.25. The summed E-state index contributed by atoms with van der Waals surface area (Å²) in [5.41, 5.74) is 1.00. The molecule has 0 aliphatic carbocycles. The first kappa shape index (κ1) is 11.1. The molecule has 0 aliphatic rings. The van der Waals surface area contributed by atoms with Crippen LogP contribution < -0.4 is 10.6 Å². The lowest BCUT2D eigenvalue weighted by molar-refractivity contribution is 0.251. The van der Waals surface area contributed by atoms with E-state index in [0.717, 1.165) is 5.56 Å². The quantitative estimate of drug-likeness (QED) is 0.832. The van der Waals surface area contributed by atoms with Gasteiger partial charge in [0.15, 0.2) is 0 Å². The van der Waals surface area contributed by atoms with E-state index in [1.807, 2.05) is 12.1 Å². The first-order valence-corrected chi connectivity index (χ1v) is 5.17. The summed E-state index contributed by atoms with van der Waals surface area (Å²) in [4.78, 5) is 15.5. The van der Waals surface area contributed by atoms with Crippen molar-refractivity contribution in [1.29, 1.82) is 0 Å². The minimum absolute atomic E-state index is 0.259. The number of carbonyl (C=O) groups excluding carboxylic acids is 1. The van der Waals surface area contributed by atoms with Crippen molar-refractivity contribution in [3.05, 3.63) is 42.4 Å². The predicted molar refractivity (Wildman–Crippen MR) is 63.3 cm³/mol. The molecule has 2 heterocycles. The van der Waals surface area contributed by atoms with E-state index in [-0.39, 0.29) is 6.03 Å². The third-order valence-electron chi connectivity index (χ3n) is 2.26. The molecular weight excluding hydrogens is 218 g/mol. The normalized spacial score (nSPS) is 9.94. The van der Waals surface area contributed by atoms with Crippen LogP contribution in [0.4, 0.5) is 10.6 Å². The van der Waals surface area contributed by atoms with Crippen molar-refractivity contribution in [2.45, 2.75) is 6.54 Å². The molecule has 0 atom stereocenters. The van der Waals surface area contributed by atoms with E-state index in [1.165, 1.54) is 0 Å². The van der Waals surface area contributed by atoms with E-state index >= 15 is 0 Å². The van der Waals surface area contributed by atoms with Crippen LogP contribution in [-0.4, -0.2) is 20.8 Å². The molecule has 17 heavy (non-hydrogen) atoms. The van der Waals surface area contributed by atoms with Crippen molar-refractivity contribution in [2.24, 2.45) is 7.05 Å². The molecule has 0 unspecified atom stereocenters. The standard InChI is InChI=1S/C11H13N5O/c1-16-10(4-7-14-16)15-11(17)13-8-9-2-5-12-6-3-9/h2-7H,8H2,1H3,(H2,13,15,17). The van der Waals surface area contributed by atoms with E-state index in [0.29, 0.717) is 12.4 Å². The van der Waals surface area contributed by atoms with Gasteiger partial charge in [-0.3, -0.25) is 15.0 Å². The van der Waals surface area contributed by atoms with Crippen molar-refractivity contribution in [2.75, 3.05) is 5.32 Å². The number of aromatic nitrogens is 3. The van der Waals surface area contributed by atoms with Gasteiger partial charge in [0.05, 0.1) is 6.20 Å². The molecule has 2 N–H and O–H groups in total. The Morgan fingerprint density at radius 2 is 2.06 bits per heavy atom. The van der Waals surface area contributed by atoms with Crippen LogP contribution in [0.1, 0.15) is 5.56 Å². The third kappa shape index (κ3) is 3.04. The van der Waals surface area contributed by atoms with Crippen LogP contribution in [0.25, 0.3) is 0 Å². The van der Waals surface area contributed by atoms with Crippen LogP contribution in [0.3, 0.4) is 0 Å². The van der Waals surface area contributed by atoms with Gasteiger partial charge in [-0.15, -0.1) is 0 Å². The highest BCUT2D eigenvalue weighted by atomic mass is 16.2. The molecule has 0 radical (unpaired) electrons. The number of carbonyl (C=O) groups is 1. The monoisotopic (exact) mass is 231 g/mol. The van der Waals surface area contributed by atoms with E-state index in [9.17, 15) is 4.79 Å². The van der Waals surface area contributed by atoms with Crippen molar-refractivity contribution < 1.29 is 4.79 Å². The lowest BCUT2D eigenvalue weighted by Crippen LogP contribution is -2.29. The molecule has 6 nitrogen and oxygen atoms in total. The zero-order chi connectivity index (χ0) is 12.1. The number of nitrogens with zero attached hydrogens (tertiary/aromatic N) is 3. The molecule has 88 valence electrons. The van der Waals surface area contributed by atoms with Crippen LogP contribution in [-0.2, 0) is 13.6 Å². The smallest absolute Gasteiger partial charge is 0.320 e.